The average molecular weight is 258 g/mol. The number of nitrogens with two attached hydrogens (primary N) is 1. The summed E-state index contributed by atoms with van der Waals surface area (Å²) in [6, 6.07) is 2.53. The molecule has 0 aromatic heterocycles. The lowest BCUT2D eigenvalue weighted by atomic mass is 10.1. The van der Waals surface area contributed by atoms with Gasteiger partial charge in [-0.3, -0.25) is 4.79 Å². The first-order chi connectivity index (χ1) is 7.77. The summed E-state index contributed by atoms with van der Waals surface area (Å²) in [6.45, 7) is 0. The molecule has 1 amide bonds. The molecule has 3 N–H and O–H groups in total. The molecule has 0 aliphatic carbocycles. The third-order valence-electron chi connectivity index (χ3n) is 1.85. The van der Waals surface area contributed by atoms with Crippen LogP contribution in [0.15, 0.2) is 28.3 Å². The molecule has 0 aliphatic heterocycles. The molecule has 1 rings (SSSR count). The van der Waals surface area contributed by atoms with Gasteiger partial charge in [0, 0.05) is 10.7 Å². The first kappa shape index (κ1) is 12.9. The fraction of sp³-hybridized carbons (Fsp3) is 0. The number of carboxylic acid groups (broad SMARTS) is 1. The summed E-state index contributed by atoms with van der Waals surface area (Å²) >= 11 is 0. The number of nitrogens with zero attached hydrogens (tertiary/aromatic N) is 1. The first-order valence-electron chi connectivity index (χ1n) is 4.05. The van der Waals surface area contributed by atoms with E-state index in [2.05, 4.69) is 5.18 Å². The Balaban J connectivity index is 3.56. The summed E-state index contributed by atoms with van der Waals surface area (Å²) < 4.78 is 22.2. The molecule has 0 radical (unpaired) electrons. The number of benzene rings is 1. The van der Waals surface area contributed by atoms with E-state index in [-0.39, 0.29) is 5.56 Å². The van der Waals surface area contributed by atoms with E-state index in [1.54, 1.807) is 0 Å². The third-order valence-corrected chi connectivity index (χ3v) is 2.80. The lowest BCUT2D eigenvalue weighted by Gasteiger charge is -2.04. The van der Waals surface area contributed by atoms with Crippen LogP contribution in [-0.4, -0.2) is 25.4 Å². The van der Waals surface area contributed by atoms with Crippen LogP contribution in [0.25, 0.3) is 0 Å². The fourth-order valence-electron chi connectivity index (χ4n) is 1.12. The molecular weight excluding hydrogens is 252 g/mol. The maximum absolute atomic E-state index is 11.1. The lowest BCUT2D eigenvalue weighted by molar-refractivity contribution is 0.0692. The molecule has 1 aromatic carbocycles. The van der Waals surface area contributed by atoms with Gasteiger partial charge in [-0.05, 0) is 18.2 Å². The third kappa shape index (κ3) is 2.71. The largest absolute Gasteiger partial charge is 0.478 e. The van der Waals surface area contributed by atoms with Gasteiger partial charge in [0.2, 0.25) is 10.0 Å². The number of carbonyl (C=O) groups excluding carboxylic acids is 1. The summed E-state index contributed by atoms with van der Waals surface area (Å²) in [5.74, 6) is -2.74. The summed E-state index contributed by atoms with van der Waals surface area (Å²) in [7, 11) is -4.32. The summed E-state index contributed by atoms with van der Waals surface area (Å²) in [5.41, 5.74) is -0.941. The molecule has 90 valence electrons. The predicted molar refractivity (Wildman–Crippen MR) is 54.9 cm³/mol. The van der Waals surface area contributed by atoms with E-state index in [4.69, 9.17) is 10.2 Å². The molecule has 0 unspecified atom stereocenters. The number of hydrogen-bond donors (Lipinski definition) is 2. The van der Waals surface area contributed by atoms with Crippen molar-refractivity contribution in [1.82, 2.24) is 0 Å². The van der Waals surface area contributed by atoms with Crippen molar-refractivity contribution in [3.8, 4) is 0 Å². The van der Waals surface area contributed by atoms with Gasteiger partial charge in [-0.15, -0.1) is 4.91 Å². The molecule has 0 bridgehead atoms. The van der Waals surface area contributed by atoms with Crippen molar-refractivity contribution in [2.75, 3.05) is 0 Å². The van der Waals surface area contributed by atoms with Crippen LogP contribution in [0.3, 0.4) is 0 Å². The minimum absolute atomic E-state index is 0.353. The smallest absolute Gasteiger partial charge is 0.337 e. The fourth-order valence-corrected chi connectivity index (χ4v) is 1.87. The monoisotopic (exact) mass is 258 g/mol. The number of aromatic carboxylic acids is 1. The van der Waals surface area contributed by atoms with Gasteiger partial charge in [-0.2, -0.15) is 0 Å². The molecule has 0 atom stereocenters. The second-order valence-electron chi connectivity index (χ2n) is 2.96. The van der Waals surface area contributed by atoms with Crippen molar-refractivity contribution in [2.24, 2.45) is 10.3 Å². The summed E-state index contributed by atoms with van der Waals surface area (Å²) in [4.78, 5) is 30.9. The molecule has 0 spiro atoms. The standard InChI is InChI=1S/C8H6N2O6S/c9-17(15,16)6-3-4(7(11)10-14)1-2-5(6)8(12)13/h1-3H,(H,12,13)(H2,9,15,16). The molecule has 9 heteroatoms. The van der Waals surface area contributed by atoms with Crippen molar-refractivity contribution in [3.63, 3.8) is 0 Å². The summed E-state index contributed by atoms with van der Waals surface area (Å²) in [5, 5.41) is 15.6. The Kier molecular flexibility index (Phi) is 3.34. The normalized spacial score (nSPS) is 10.9. The zero-order chi connectivity index (χ0) is 13.2. The van der Waals surface area contributed by atoms with Crippen molar-refractivity contribution in [3.05, 3.63) is 34.2 Å². The van der Waals surface area contributed by atoms with Crippen LogP contribution in [0, 0.1) is 4.91 Å². The Morgan fingerprint density at radius 1 is 1.29 bits per heavy atom. The number of hydrogen-bond acceptors (Lipinski definition) is 5. The van der Waals surface area contributed by atoms with Gasteiger partial charge in [0.15, 0.2) is 0 Å². The average Bonchev–Trinajstić information content (AvgIpc) is 2.25. The van der Waals surface area contributed by atoms with Crippen LogP contribution in [0.1, 0.15) is 20.7 Å². The van der Waals surface area contributed by atoms with E-state index in [0.717, 1.165) is 12.1 Å². The molecule has 8 nitrogen and oxygen atoms in total. The molecule has 17 heavy (non-hydrogen) atoms. The number of carboxylic acids is 1. The van der Waals surface area contributed by atoms with Gasteiger partial charge in [-0.1, -0.05) is 0 Å². The first-order valence-corrected chi connectivity index (χ1v) is 5.60. The van der Waals surface area contributed by atoms with Gasteiger partial charge in [0.25, 0.3) is 0 Å². The van der Waals surface area contributed by atoms with Crippen LogP contribution >= 0.6 is 0 Å². The molecule has 0 saturated heterocycles. The van der Waals surface area contributed by atoms with Gasteiger partial charge in [0.05, 0.1) is 10.5 Å². The van der Waals surface area contributed by atoms with Gasteiger partial charge >= 0.3 is 11.9 Å². The lowest BCUT2D eigenvalue weighted by Crippen LogP contribution is -2.17. The van der Waals surface area contributed by atoms with Crippen LogP contribution in [0.4, 0.5) is 0 Å². The van der Waals surface area contributed by atoms with Gasteiger partial charge < -0.3 is 5.11 Å². The van der Waals surface area contributed by atoms with Crippen LogP contribution in [0.2, 0.25) is 0 Å². The minimum Gasteiger partial charge on any atom is -0.478 e. The Morgan fingerprint density at radius 3 is 2.29 bits per heavy atom. The van der Waals surface area contributed by atoms with E-state index in [9.17, 15) is 22.9 Å². The molecule has 0 fully saturated rings. The van der Waals surface area contributed by atoms with Gasteiger partial charge in [-0.25, -0.2) is 18.4 Å². The maximum Gasteiger partial charge on any atom is 0.337 e. The van der Waals surface area contributed by atoms with Crippen LogP contribution in [-0.2, 0) is 10.0 Å². The predicted octanol–water partition coefficient (Wildman–Crippen LogP) is -0.0612. The van der Waals surface area contributed by atoms with Crippen LogP contribution < -0.4 is 5.14 Å². The number of rotatable bonds is 3. The molecule has 0 heterocycles. The topological polar surface area (TPSA) is 144 Å². The number of amides is 1. The van der Waals surface area contributed by atoms with Crippen LogP contribution in [0.5, 0.6) is 0 Å². The molecule has 1 aromatic rings. The van der Waals surface area contributed by atoms with Crippen molar-refractivity contribution in [1.29, 1.82) is 0 Å². The number of carbonyl (C=O) groups is 2. The van der Waals surface area contributed by atoms with E-state index in [1.165, 1.54) is 0 Å². The van der Waals surface area contributed by atoms with E-state index in [1.807, 2.05) is 0 Å². The zero-order valence-corrected chi connectivity index (χ0v) is 8.97. The second-order valence-corrected chi connectivity index (χ2v) is 4.49. The van der Waals surface area contributed by atoms with Gasteiger partial charge in [0.1, 0.15) is 0 Å². The number of primary sulfonamides is 1. The van der Waals surface area contributed by atoms with E-state index >= 15 is 0 Å². The highest BCUT2D eigenvalue weighted by molar-refractivity contribution is 7.89. The molecule has 0 aliphatic rings. The quantitative estimate of drug-likeness (QED) is 0.726. The minimum atomic E-state index is -4.32. The SMILES string of the molecule is NS(=O)(=O)c1cc(C(=O)N=O)ccc1C(=O)O. The zero-order valence-electron chi connectivity index (χ0n) is 8.15. The van der Waals surface area contributed by atoms with E-state index in [0.29, 0.717) is 6.07 Å². The van der Waals surface area contributed by atoms with E-state index < -0.39 is 32.4 Å². The molecule has 0 saturated carbocycles. The van der Waals surface area contributed by atoms with Crippen molar-refractivity contribution < 1.29 is 23.1 Å². The Hall–Kier alpha value is -2.13. The molecular formula is C8H6N2O6S. The Bertz CT molecular complexity index is 606. The van der Waals surface area contributed by atoms with Crippen molar-refractivity contribution >= 4 is 21.9 Å². The number of nitroso groups, excluding NO2 is 1. The Morgan fingerprint density at radius 2 is 1.88 bits per heavy atom. The second kappa shape index (κ2) is 4.39. The summed E-state index contributed by atoms with van der Waals surface area (Å²) in [6.07, 6.45) is 0. The number of sulfonamides is 1. The highest BCUT2D eigenvalue weighted by Crippen LogP contribution is 2.17. The maximum atomic E-state index is 11.1. The Labute approximate surface area is 95.1 Å². The highest BCUT2D eigenvalue weighted by Gasteiger charge is 2.21. The van der Waals surface area contributed by atoms with Crippen molar-refractivity contribution in [2.45, 2.75) is 4.90 Å². The highest BCUT2D eigenvalue weighted by atomic mass is 32.2.